The van der Waals surface area contributed by atoms with E-state index in [1.54, 1.807) is 0 Å². The molecule has 4 bridgehead atoms. The molecule has 12 heavy (non-hydrogen) atoms. The molecular formula is C11H18O. The van der Waals surface area contributed by atoms with Gasteiger partial charge in [-0.25, -0.2) is 0 Å². The molecule has 0 aromatic heterocycles. The van der Waals surface area contributed by atoms with Gasteiger partial charge in [-0.2, -0.15) is 0 Å². The topological polar surface area (TPSA) is 20.2 Å². The summed E-state index contributed by atoms with van der Waals surface area (Å²) >= 11 is 0. The number of hydrogen-bond donors (Lipinski definition) is 1. The molecule has 0 saturated heterocycles. The summed E-state index contributed by atoms with van der Waals surface area (Å²) in [5.41, 5.74) is -0.443. The lowest BCUT2D eigenvalue weighted by molar-refractivity contribution is -0.161. The highest BCUT2D eigenvalue weighted by atomic mass is 16.3. The molecule has 1 heteroatoms. The van der Waals surface area contributed by atoms with E-state index in [0.29, 0.717) is 11.8 Å². The Kier molecular flexibility index (Phi) is 1.10. The van der Waals surface area contributed by atoms with Crippen molar-refractivity contribution >= 4 is 0 Å². The molecule has 68 valence electrons. The maximum absolute atomic E-state index is 10.3. The Morgan fingerprint density at radius 1 is 1.17 bits per heavy atom. The molecular weight excluding hydrogens is 148 g/mol. The van der Waals surface area contributed by atoms with Crippen LogP contribution in [0, 0.1) is 23.6 Å². The number of aliphatic hydroxyl groups is 1. The molecule has 4 aliphatic rings. The maximum atomic E-state index is 10.3. The van der Waals surface area contributed by atoms with Crippen LogP contribution in [0.1, 0.15) is 40.4 Å². The van der Waals surface area contributed by atoms with E-state index >= 15 is 0 Å². The van der Waals surface area contributed by atoms with Crippen molar-refractivity contribution in [1.29, 1.82) is 0 Å². The highest BCUT2D eigenvalue weighted by molar-refractivity contribution is 5.04. The molecule has 0 aromatic rings. The van der Waals surface area contributed by atoms with Gasteiger partial charge >= 0.3 is 0 Å². The minimum Gasteiger partial charge on any atom is -0.390 e. The van der Waals surface area contributed by atoms with Gasteiger partial charge in [0.15, 0.2) is 0 Å². The zero-order valence-electron chi connectivity index (χ0n) is 8.71. The van der Waals surface area contributed by atoms with Gasteiger partial charge in [0.05, 0.1) is 5.60 Å². The van der Waals surface area contributed by atoms with Crippen molar-refractivity contribution in [3.63, 3.8) is 0 Å². The molecule has 4 saturated carbocycles. The van der Waals surface area contributed by atoms with Gasteiger partial charge in [0.2, 0.25) is 0 Å². The number of hydrogen-bond acceptors (Lipinski definition) is 1. The van der Waals surface area contributed by atoms with Gasteiger partial charge < -0.3 is 5.11 Å². The molecule has 0 aromatic carbocycles. The van der Waals surface area contributed by atoms with E-state index in [1.165, 1.54) is 12.8 Å². The fourth-order valence-electron chi connectivity index (χ4n) is 3.81. The highest BCUT2D eigenvalue weighted by Gasteiger charge is 2.53. The van der Waals surface area contributed by atoms with Crippen molar-refractivity contribution in [3.8, 4) is 0 Å². The van der Waals surface area contributed by atoms with Crippen molar-refractivity contribution in [2.24, 2.45) is 23.6 Å². The van der Waals surface area contributed by atoms with Crippen LogP contribution >= 0.6 is 0 Å². The Morgan fingerprint density at radius 2 is 1.75 bits per heavy atom. The van der Waals surface area contributed by atoms with E-state index in [2.05, 4.69) is 0 Å². The lowest BCUT2D eigenvalue weighted by atomic mass is 9.50. The first-order valence-corrected chi connectivity index (χ1v) is 5.22. The van der Waals surface area contributed by atoms with Crippen molar-refractivity contribution in [2.75, 3.05) is 0 Å². The normalized spacial score (nSPS) is 69.8. The smallest absolute Gasteiger partial charge is 0.0676 e. The van der Waals surface area contributed by atoms with Crippen molar-refractivity contribution in [1.82, 2.24) is 0 Å². The standard InChI is InChI=1S/C11H18O/c1-11(12)9-3-7-2-8(5-9)6-10(11)4-7/h7-10,12H,2-6H2,1H3/i7D. The molecule has 0 radical (unpaired) electrons. The van der Waals surface area contributed by atoms with Crippen LogP contribution in [0.4, 0.5) is 0 Å². The lowest BCUT2D eigenvalue weighted by Gasteiger charge is -2.57. The van der Waals surface area contributed by atoms with Gasteiger partial charge in [-0.3, -0.25) is 0 Å². The molecule has 4 aliphatic carbocycles. The minimum atomic E-state index is -0.443. The Morgan fingerprint density at radius 3 is 2.25 bits per heavy atom. The van der Waals surface area contributed by atoms with Crippen LogP contribution in [0.2, 0.25) is 0 Å². The fourth-order valence-corrected chi connectivity index (χ4v) is 3.81. The van der Waals surface area contributed by atoms with Gasteiger partial charge in [0, 0.05) is 1.37 Å². The summed E-state index contributed by atoms with van der Waals surface area (Å²) < 4.78 is 8.28. The van der Waals surface area contributed by atoms with Crippen molar-refractivity contribution in [3.05, 3.63) is 0 Å². The molecule has 4 fully saturated rings. The first-order chi connectivity index (χ1) is 6.00. The number of rotatable bonds is 0. The summed E-state index contributed by atoms with van der Waals surface area (Å²) in [5.74, 6) is 1.46. The molecule has 0 aliphatic heterocycles. The molecule has 0 spiro atoms. The predicted molar refractivity (Wildman–Crippen MR) is 47.7 cm³/mol. The lowest BCUT2D eigenvalue weighted by Crippen LogP contribution is -2.55. The largest absolute Gasteiger partial charge is 0.390 e. The first kappa shape index (κ1) is 6.42. The second-order valence-electron chi connectivity index (χ2n) is 5.32. The van der Waals surface area contributed by atoms with E-state index in [9.17, 15) is 5.11 Å². The van der Waals surface area contributed by atoms with Crippen molar-refractivity contribution in [2.45, 2.75) is 44.6 Å². The van der Waals surface area contributed by atoms with E-state index in [0.717, 1.165) is 25.2 Å². The van der Waals surface area contributed by atoms with E-state index in [1.807, 2.05) is 6.92 Å². The second kappa shape index (κ2) is 2.06. The molecule has 2 atom stereocenters. The fraction of sp³-hybridized carbons (Fsp3) is 1.00. The monoisotopic (exact) mass is 167 g/mol. The third kappa shape index (κ3) is 0.783. The Hall–Kier alpha value is -0.0400. The van der Waals surface area contributed by atoms with Gasteiger partial charge in [0.25, 0.3) is 0 Å². The Labute approximate surface area is 75.6 Å². The average Bonchev–Trinajstić information content (AvgIpc) is 1.97. The molecule has 1 N–H and O–H groups in total. The Bertz CT molecular complexity index is 230. The predicted octanol–water partition coefficient (Wildman–Crippen LogP) is 2.19. The van der Waals surface area contributed by atoms with Gasteiger partial charge in [0.1, 0.15) is 0 Å². The first-order valence-electron chi connectivity index (χ1n) is 5.72. The third-order valence-corrected chi connectivity index (χ3v) is 4.54. The molecule has 0 amide bonds. The van der Waals surface area contributed by atoms with E-state index in [-0.39, 0.29) is 5.89 Å². The summed E-state index contributed by atoms with van der Waals surface area (Å²) in [6, 6.07) is 0. The molecule has 0 heterocycles. The van der Waals surface area contributed by atoms with Crippen molar-refractivity contribution < 1.29 is 6.48 Å². The van der Waals surface area contributed by atoms with E-state index in [4.69, 9.17) is 1.37 Å². The summed E-state index contributed by atoms with van der Waals surface area (Å²) in [5, 5.41) is 10.3. The maximum Gasteiger partial charge on any atom is 0.0676 e. The van der Waals surface area contributed by atoms with Crippen LogP contribution < -0.4 is 0 Å². The van der Waals surface area contributed by atoms with Crippen LogP contribution in [0.15, 0.2) is 0 Å². The Balaban J connectivity index is 1.99. The van der Waals surface area contributed by atoms with Gasteiger partial charge in [-0.05, 0) is 62.7 Å². The van der Waals surface area contributed by atoms with Crippen LogP contribution in [-0.2, 0) is 0 Å². The zero-order chi connectivity index (χ0) is 9.27. The second-order valence-corrected chi connectivity index (χ2v) is 5.32. The van der Waals surface area contributed by atoms with Crippen LogP contribution in [0.3, 0.4) is 0 Å². The SMILES string of the molecule is [2H]C12CC3CC(C1)C(C)(O)C(C3)C2. The van der Waals surface area contributed by atoms with Crippen LogP contribution in [0.5, 0.6) is 0 Å². The zero-order valence-corrected chi connectivity index (χ0v) is 7.71. The summed E-state index contributed by atoms with van der Waals surface area (Å²) in [4.78, 5) is 0. The summed E-state index contributed by atoms with van der Waals surface area (Å²) in [6.45, 7) is 2.00. The van der Waals surface area contributed by atoms with Gasteiger partial charge in [-0.15, -0.1) is 0 Å². The minimum absolute atomic E-state index is 0.154. The van der Waals surface area contributed by atoms with Crippen LogP contribution in [0.25, 0.3) is 0 Å². The van der Waals surface area contributed by atoms with Gasteiger partial charge in [-0.1, -0.05) is 0 Å². The molecule has 1 nitrogen and oxygen atoms in total. The average molecular weight is 167 g/mol. The summed E-state index contributed by atoms with van der Waals surface area (Å²) in [7, 11) is 0. The molecule has 4 rings (SSSR count). The third-order valence-electron chi connectivity index (χ3n) is 4.54. The van der Waals surface area contributed by atoms with E-state index < -0.39 is 5.60 Å². The summed E-state index contributed by atoms with van der Waals surface area (Å²) in [6.07, 6.45) is 5.38. The quantitative estimate of drug-likeness (QED) is 0.586. The highest BCUT2D eigenvalue weighted by Crippen LogP contribution is 2.57. The van der Waals surface area contributed by atoms with Crippen LogP contribution in [-0.4, -0.2) is 10.7 Å². The molecule has 2 unspecified atom stereocenters.